The van der Waals surface area contributed by atoms with E-state index in [9.17, 15) is 4.79 Å². The van der Waals surface area contributed by atoms with Gasteiger partial charge in [0.05, 0.1) is 17.3 Å². The van der Waals surface area contributed by atoms with Crippen molar-refractivity contribution in [2.75, 3.05) is 5.43 Å². The average molecular weight is 311 g/mol. The highest BCUT2D eigenvalue weighted by Gasteiger charge is 2.16. The predicted molar refractivity (Wildman–Crippen MR) is 82.0 cm³/mol. The van der Waals surface area contributed by atoms with Crippen LogP contribution < -0.4 is 16.6 Å². The van der Waals surface area contributed by atoms with Crippen molar-refractivity contribution in [2.24, 2.45) is 5.84 Å². The van der Waals surface area contributed by atoms with Crippen LogP contribution in [-0.2, 0) is 0 Å². The predicted octanol–water partition coefficient (Wildman–Crippen LogP) is 2.88. The smallest absolute Gasteiger partial charge is 0.254 e. The maximum atomic E-state index is 12.3. The van der Waals surface area contributed by atoms with E-state index in [1.54, 1.807) is 18.2 Å². The molecule has 0 bridgehead atoms. The number of thiazole rings is 1. The van der Waals surface area contributed by atoms with Crippen LogP contribution in [0, 0.1) is 6.92 Å². The molecule has 1 amide bonds. The van der Waals surface area contributed by atoms with Crippen LogP contribution in [0.25, 0.3) is 0 Å². The number of carbonyl (C=O) groups excluding carboxylic acids is 1. The van der Waals surface area contributed by atoms with Gasteiger partial charge in [0, 0.05) is 16.1 Å². The van der Waals surface area contributed by atoms with Gasteiger partial charge in [-0.2, -0.15) is 0 Å². The summed E-state index contributed by atoms with van der Waals surface area (Å²) in [5, 5.41) is 6.17. The first kappa shape index (κ1) is 14.8. The Kier molecular flexibility index (Phi) is 4.59. The van der Waals surface area contributed by atoms with E-state index in [2.05, 4.69) is 15.7 Å². The van der Waals surface area contributed by atoms with Gasteiger partial charge in [-0.3, -0.25) is 10.6 Å². The first-order chi connectivity index (χ1) is 9.51. The zero-order valence-corrected chi connectivity index (χ0v) is 12.7. The third kappa shape index (κ3) is 3.27. The summed E-state index contributed by atoms with van der Waals surface area (Å²) in [6.45, 7) is 3.80. The van der Waals surface area contributed by atoms with E-state index in [0.717, 1.165) is 10.7 Å². The summed E-state index contributed by atoms with van der Waals surface area (Å²) in [5.41, 5.74) is 4.36. The number of nitrogens with one attached hydrogen (secondary N) is 2. The maximum Gasteiger partial charge on any atom is 0.254 e. The SMILES string of the molecule is Cc1csc(C(C)NC(=O)c2cc(Cl)ccc2NN)n1. The minimum absolute atomic E-state index is 0.175. The zero-order chi connectivity index (χ0) is 14.7. The Hall–Kier alpha value is -1.63. The van der Waals surface area contributed by atoms with Crippen molar-refractivity contribution in [1.82, 2.24) is 10.3 Å². The van der Waals surface area contributed by atoms with E-state index in [-0.39, 0.29) is 11.9 Å². The number of nitrogens with two attached hydrogens (primary N) is 1. The second-order valence-electron chi connectivity index (χ2n) is 4.36. The van der Waals surface area contributed by atoms with Crippen LogP contribution >= 0.6 is 22.9 Å². The summed E-state index contributed by atoms with van der Waals surface area (Å²) in [4.78, 5) is 16.6. The second kappa shape index (κ2) is 6.21. The lowest BCUT2D eigenvalue weighted by atomic mass is 10.1. The molecule has 0 fully saturated rings. The number of aromatic nitrogens is 1. The number of amides is 1. The van der Waals surface area contributed by atoms with E-state index in [1.807, 2.05) is 19.2 Å². The molecule has 5 nitrogen and oxygen atoms in total. The molecule has 106 valence electrons. The van der Waals surface area contributed by atoms with E-state index in [1.165, 1.54) is 11.3 Å². The molecule has 20 heavy (non-hydrogen) atoms. The molecule has 7 heteroatoms. The molecule has 0 saturated carbocycles. The maximum absolute atomic E-state index is 12.3. The van der Waals surface area contributed by atoms with Crippen LogP contribution in [0.15, 0.2) is 23.6 Å². The lowest BCUT2D eigenvalue weighted by Gasteiger charge is -2.14. The van der Waals surface area contributed by atoms with Crippen molar-refractivity contribution in [3.8, 4) is 0 Å². The number of anilines is 1. The average Bonchev–Trinajstić information content (AvgIpc) is 2.85. The third-order valence-corrected chi connectivity index (χ3v) is 4.12. The summed E-state index contributed by atoms with van der Waals surface area (Å²) < 4.78 is 0. The molecule has 2 aromatic rings. The van der Waals surface area contributed by atoms with Gasteiger partial charge in [-0.05, 0) is 32.0 Å². The van der Waals surface area contributed by atoms with Gasteiger partial charge in [0.25, 0.3) is 5.91 Å². The molecule has 1 heterocycles. The molecule has 0 aliphatic heterocycles. The number of rotatable bonds is 4. The van der Waals surface area contributed by atoms with Crippen molar-refractivity contribution in [2.45, 2.75) is 19.9 Å². The Morgan fingerprint density at radius 1 is 1.50 bits per heavy atom. The lowest BCUT2D eigenvalue weighted by molar-refractivity contribution is 0.0940. The summed E-state index contributed by atoms with van der Waals surface area (Å²) in [6.07, 6.45) is 0. The Bertz CT molecular complexity index is 629. The van der Waals surface area contributed by atoms with Gasteiger partial charge in [0.15, 0.2) is 0 Å². The van der Waals surface area contributed by atoms with Crippen molar-refractivity contribution >= 4 is 34.5 Å². The van der Waals surface area contributed by atoms with Crippen LogP contribution in [0.2, 0.25) is 5.02 Å². The fourth-order valence-electron chi connectivity index (χ4n) is 1.74. The number of hydrogen-bond acceptors (Lipinski definition) is 5. The Balaban J connectivity index is 2.18. The number of hydrazine groups is 1. The van der Waals surface area contributed by atoms with Crippen molar-refractivity contribution in [1.29, 1.82) is 0 Å². The van der Waals surface area contributed by atoms with Gasteiger partial charge in [-0.25, -0.2) is 4.98 Å². The standard InChI is InChI=1S/C13H15ClN4OS/c1-7-6-20-13(16-7)8(2)17-12(19)10-5-9(14)3-4-11(10)18-15/h3-6,8,18H,15H2,1-2H3,(H,17,19). The van der Waals surface area contributed by atoms with Crippen LogP contribution in [0.5, 0.6) is 0 Å². The molecule has 1 atom stereocenters. The van der Waals surface area contributed by atoms with Gasteiger partial charge in [-0.1, -0.05) is 11.6 Å². The number of benzene rings is 1. The van der Waals surface area contributed by atoms with E-state index < -0.39 is 0 Å². The summed E-state index contributed by atoms with van der Waals surface area (Å²) in [5.74, 6) is 5.15. The number of hydrogen-bond donors (Lipinski definition) is 3. The minimum atomic E-state index is -0.249. The summed E-state index contributed by atoms with van der Waals surface area (Å²) in [7, 11) is 0. The van der Waals surface area contributed by atoms with Crippen LogP contribution in [-0.4, -0.2) is 10.9 Å². The fraction of sp³-hybridized carbons (Fsp3) is 0.231. The Morgan fingerprint density at radius 3 is 2.85 bits per heavy atom. The molecule has 2 rings (SSSR count). The third-order valence-electron chi connectivity index (χ3n) is 2.74. The van der Waals surface area contributed by atoms with E-state index >= 15 is 0 Å². The molecule has 0 radical (unpaired) electrons. The molecule has 4 N–H and O–H groups in total. The molecule has 0 aliphatic rings. The van der Waals surface area contributed by atoms with E-state index in [0.29, 0.717) is 16.3 Å². The molecule has 1 unspecified atom stereocenters. The largest absolute Gasteiger partial charge is 0.343 e. The highest BCUT2D eigenvalue weighted by molar-refractivity contribution is 7.09. The first-order valence-corrected chi connectivity index (χ1v) is 7.26. The normalized spacial score (nSPS) is 12.0. The topological polar surface area (TPSA) is 80.0 Å². The summed E-state index contributed by atoms with van der Waals surface area (Å²) in [6, 6.07) is 4.73. The van der Waals surface area contributed by atoms with Crippen molar-refractivity contribution in [3.63, 3.8) is 0 Å². The number of nitrogens with zero attached hydrogens (tertiary/aromatic N) is 1. The quantitative estimate of drug-likeness (QED) is 0.599. The molecule has 0 saturated heterocycles. The highest BCUT2D eigenvalue weighted by Crippen LogP contribution is 2.22. The van der Waals surface area contributed by atoms with Crippen molar-refractivity contribution in [3.05, 3.63) is 44.9 Å². The van der Waals surface area contributed by atoms with Gasteiger partial charge >= 0.3 is 0 Å². The molecule has 1 aromatic carbocycles. The second-order valence-corrected chi connectivity index (χ2v) is 5.68. The number of carbonyl (C=O) groups is 1. The summed E-state index contributed by atoms with van der Waals surface area (Å²) >= 11 is 7.43. The first-order valence-electron chi connectivity index (χ1n) is 6.00. The Labute approximate surface area is 126 Å². The lowest BCUT2D eigenvalue weighted by Crippen LogP contribution is -2.28. The van der Waals surface area contributed by atoms with Gasteiger partial charge in [-0.15, -0.1) is 11.3 Å². The van der Waals surface area contributed by atoms with Gasteiger partial charge in [0.2, 0.25) is 0 Å². The van der Waals surface area contributed by atoms with Gasteiger partial charge in [0.1, 0.15) is 5.01 Å². The van der Waals surface area contributed by atoms with Gasteiger partial charge < -0.3 is 10.7 Å². The highest BCUT2D eigenvalue weighted by atomic mass is 35.5. The monoisotopic (exact) mass is 310 g/mol. The minimum Gasteiger partial charge on any atom is -0.343 e. The molecule has 0 spiro atoms. The number of nitrogen functional groups attached to an aromatic ring is 1. The van der Waals surface area contributed by atoms with E-state index in [4.69, 9.17) is 17.4 Å². The molecular weight excluding hydrogens is 296 g/mol. The fourth-order valence-corrected chi connectivity index (χ4v) is 2.71. The molecule has 0 aliphatic carbocycles. The number of aryl methyl sites for hydroxylation is 1. The number of halogens is 1. The van der Waals surface area contributed by atoms with Crippen LogP contribution in [0.4, 0.5) is 5.69 Å². The Morgan fingerprint density at radius 2 is 2.25 bits per heavy atom. The van der Waals surface area contributed by atoms with Crippen LogP contribution in [0.3, 0.4) is 0 Å². The van der Waals surface area contributed by atoms with Crippen molar-refractivity contribution < 1.29 is 4.79 Å². The molecule has 1 aromatic heterocycles. The van der Waals surface area contributed by atoms with Crippen LogP contribution in [0.1, 0.15) is 34.0 Å². The zero-order valence-electron chi connectivity index (χ0n) is 11.1. The molecular formula is C13H15ClN4OS.